The number of nitrogens with one attached hydrogen (secondary N) is 1. The normalized spacial score (nSPS) is 13.1. The minimum Gasteiger partial charge on any atom is -0.372 e. The lowest BCUT2D eigenvalue weighted by molar-refractivity contribution is -0.173. The molecule has 0 aliphatic heterocycles. The smallest absolute Gasteiger partial charge is 0.372 e. The van der Waals surface area contributed by atoms with Crippen LogP contribution in [0.2, 0.25) is 0 Å². The molecule has 0 aromatic heterocycles. The van der Waals surface area contributed by atoms with Crippen LogP contribution < -0.4 is 5.32 Å². The van der Waals surface area contributed by atoms with Crippen LogP contribution in [-0.2, 0) is 4.74 Å². The molecule has 17 heavy (non-hydrogen) atoms. The molecule has 0 aliphatic rings. The molecule has 0 amide bonds. The van der Waals surface area contributed by atoms with Crippen molar-refractivity contribution in [2.24, 2.45) is 0 Å². The quantitative estimate of drug-likeness (QED) is 0.539. The Hall–Kier alpha value is -0.500. The first-order valence-electron chi connectivity index (χ1n) is 5.13. The molecular formula is C9H15F6NO. The fourth-order valence-electron chi connectivity index (χ4n) is 1.03. The summed E-state index contributed by atoms with van der Waals surface area (Å²) in [4.78, 5) is 0. The summed E-state index contributed by atoms with van der Waals surface area (Å²) in [6.45, 7) is -0.818. The highest BCUT2D eigenvalue weighted by molar-refractivity contribution is 4.54. The molecule has 0 spiro atoms. The third kappa shape index (κ3) is 15.5. The maximum Gasteiger partial charge on any atom is 0.411 e. The Labute approximate surface area is 95.3 Å². The highest BCUT2D eigenvalue weighted by Gasteiger charge is 2.27. The Kier molecular flexibility index (Phi) is 7.53. The summed E-state index contributed by atoms with van der Waals surface area (Å²) in [6.07, 6.45) is -9.04. The molecule has 0 unspecified atom stereocenters. The van der Waals surface area contributed by atoms with Gasteiger partial charge in [0.2, 0.25) is 0 Å². The van der Waals surface area contributed by atoms with Crippen molar-refractivity contribution in [2.75, 3.05) is 26.3 Å². The Balaban J connectivity index is 3.15. The van der Waals surface area contributed by atoms with Crippen molar-refractivity contribution in [3.63, 3.8) is 0 Å². The molecule has 0 saturated carbocycles. The van der Waals surface area contributed by atoms with E-state index in [9.17, 15) is 26.3 Å². The van der Waals surface area contributed by atoms with E-state index in [0.717, 1.165) is 0 Å². The predicted molar refractivity (Wildman–Crippen MR) is 49.6 cm³/mol. The highest BCUT2D eigenvalue weighted by atomic mass is 19.4. The third-order valence-corrected chi connectivity index (χ3v) is 1.72. The van der Waals surface area contributed by atoms with Crippen molar-refractivity contribution in [2.45, 2.75) is 31.6 Å². The van der Waals surface area contributed by atoms with Crippen LogP contribution in [0.3, 0.4) is 0 Å². The first-order valence-corrected chi connectivity index (χ1v) is 5.13. The Bertz CT molecular complexity index is 171. The van der Waals surface area contributed by atoms with Gasteiger partial charge in [0.25, 0.3) is 0 Å². The summed E-state index contributed by atoms with van der Waals surface area (Å²) >= 11 is 0. The fraction of sp³-hybridized carbons (Fsp3) is 1.00. The largest absolute Gasteiger partial charge is 0.411 e. The summed E-state index contributed by atoms with van der Waals surface area (Å²) in [5, 5.41) is 2.69. The fourth-order valence-corrected chi connectivity index (χ4v) is 1.03. The van der Waals surface area contributed by atoms with Crippen LogP contribution in [0.25, 0.3) is 0 Å². The molecule has 0 aromatic rings. The van der Waals surface area contributed by atoms with Crippen LogP contribution >= 0.6 is 0 Å². The molecule has 0 atom stereocenters. The molecule has 0 bridgehead atoms. The summed E-state index contributed by atoms with van der Waals surface area (Å²) in [5.41, 5.74) is 0. The van der Waals surface area contributed by atoms with Gasteiger partial charge in [-0.25, -0.2) is 0 Å². The van der Waals surface area contributed by atoms with Crippen LogP contribution in [0, 0.1) is 0 Å². The van der Waals surface area contributed by atoms with Gasteiger partial charge in [0.15, 0.2) is 0 Å². The zero-order chi connectivity index (χ0) is 13.4. The van der Waals surface area contributed by atoms with Gasteiger partial charge in [-0.3, -0.25) is 0 Å². The Morgan fingerprint density at radius 2 is 1.41 bits per heavy atom. The van der Waals surface area contributed by atoms with Gasteiger partial charge < -0.3 is 10.1 Å². The van der Waals surface area contributed by atoms with E-state index in [-0.39, 0.29) is 19.6 Å². The van der Waals surface area contributed by atoms with Crippen molar-refractivity contribution in [1.82, 2.24) is 5.32 Å². The van der Waals surface area contributed by atoms with Gasteiger partial charge >= 0.3 is 12.4 Å². The zero-order valence-corrected chi connectivity index (χ0v) is 9.13. The number of halogens is 6. The Morgan fingerprint density at radius 1 is 0.824 bits per heavy atom. The number of ether oxygens (including phenoxy) is 1. The lowest BCUT2D eigenvalue weighted by Crippen LogP contribution is -2.22. The van der Waals surface area contributed by atoms with E-state index in [0.29, 0.717) is 13.0 Å². The van der Waals surface area contributed by atoms with Crippen LogP contribution in [0.5, 0.6) is 0 Å². The molecule has 0 aromatic carbocycles. The van der Waals surface area contributed by atoms with Gasteiger partial charge in [-0.2, -0.15) is 26.3 Å². The zero-order valence-electron chi connectivity index (χ0n) is 9.13. The van der Waals surface area contributed by atoms with Crippen molar-refractivity contribution >= 4 is 0 Å². The molecule has 8 heteroatoms. The predicted octanol–water partition coefficient (Wildman–Crippen LogP) is 2.89. The van der Waals surface area contributed by atoms with E-state index in [2.05, 4.69) is 10.1 Å². The molecule has 2 nitrogen and oxygen atoms in total. The standard InChI is InChI=1S/C9H15F6NO/c10-8(11,12)3-1-4-16-5-2-6-17-7-9(13,14)15/h16H,1-7H2. The molecule has 0 heterocycles. The first-order chi connectivity index (χ1) is 7.71. The minimum atomic E-state index is -4.33. The monoisotopic (exact) mass is 267 g/mol. The van der Waals surface area contributed by atoms with Gasteiger partial charge in [-0.15, -0.1) is 0 Å². The second-order valence-electron chi connectivity index (χ2n) is 3.49. The molecule has 0 rings (SSSR count). The van der Waals surface area contributed by atoms with Gasteiger partial charge in [0, 0.05) is 13.0 Å². The summed E-state index contributed by atoms with van der Waals surface area (Å²) in [6, 6.07) is 0. The van der Waals surface area contributed by atoms with Crippen LogP contribution in [-0.4, -0.2) is 38.7 Å². The second-order valence-corrected chi connectivity index (χ2v) is 3.49. The molecule has 0 aliphatic carbocycles. The first kappa shape index (κ1) is 16.5. The van der Waals surface area contributed by atoms with E-state index in [1.54, 1.807) is 0 Å². The van der Waals surface area contributed by atoms with E-state index in [1.165, 1.54) is 0 Å². The maximum atomic E-state index is 11.7. The van der Waals surface area contributed by atoms with Crippen molar-refractivity contribution in [3.05, 3.63) is 0 Å². The minimum absolute atomic E-state index is 0.0348. The molecular weight excluding hydrogens is 252 g/mol. The van der Waals surface area contributed by atoms with Crippen molar-refractivity contribution < 1.29 is 31.1 Å². The number of rotatable bonds is 8. The lowest BCUT2D eigenvalue weighted by atomic mass is 10.3. The molecule has 1 N–H and O–H groups in total. The average molecular weight is 267 g/mol. The van der Waals surface area contributed by atoms with Gasteiger partial charge in [-0.1, -0.05) is 0 Å². The van der Waals surface area contributed by atoms with Crippen LogP contribution in [0.4, 0.5) is 26.3 Å². The van der Waals surface area contributed by atoms with Crippen LogP contribution in [0.1, 0.15) is 19.3 Å². The average Bonchev–Trinajstić information content (AvgIpc) is 2.11. The van der Waals surface area contributed by atoms with Gasteiger partial charge in [0.1, 0.15) is 6.61 Å². The topological polar surface area (TPSA) is 21.3 Å². The third-order valence-electron chi connectivity index (χ3n) is 1.72. The Morgan fingerprint density at radius 3 is 1.94 bits per heavy atom. The van der Waals surface area contributed by atoms with E-state index in [1.807, 2.05) is 0 Å². The second kappa shape index (κ2) is 7.75. The number of hydrogen-bond acceptors (Lipinski definition) is 2. The van der Waals surface area contributed by atoms with Crippen molar-refractivity contribution in [3.8, 4) is 0 Å². The molecule has 0 radical (unpaired) electrons. The maximum absolute atomic E-state index is 11.7. The van der Waals surface area contributed by atoms with Gasteiger partial charge in [0.05, 0.1) is 0 Å². The van der Waals surface area contributed by atoms with Gasteiger partial charge in [-0.05, 0) is 25.9 Å². The number of alkyl halides is 6. The summed E-state index contributed by atoms with van der Waals surface area (Å²) < 4.78 is 74.2. The van der Waals surface area contributed by atoms with E-state index < -0.39 is 25.4 Å². The van der Waals surface area contributed by atoms with Crippen LogP contribution in [0.15, 0.2) is 0 Å². The van der Waals surface area contributed by atoms with Crippen molar-refractivity contribution in [1.29, 1.82) is 0 Å². The molecule has 0 fully saturated rings. The summed E-state index contributed by atoms with van der Waals surface area (Å²) in [5.74, 6) is 0. The van der Waals surface area contributed by atoms with E-state index >= 15 is 0 Å². The molecule has 0 saturated heterocycles. The summed E-state index contributed by atoms with van der Waals surface area (Å²) in [7, 11) is 0. The lowest BCUT2D eigenvalue weighted by Gasteiger charge is -2.08. The highest BCUT2D eigenvalue weighted by Crippen LogP contribution is 2.20. The van der Waals surface area contributed by atoms with E-state index in [4.69, 9.17) is 0 Å². The molecule has 104 valence electrons. The number of hydrogen-bond donors (Lipinski definition) is 1. The SMILES string of the molecule is FC(F)(F)CCCNCCCOCC(F)(F)F.